The van der Waals surface area contributed by atoms with E-state index in [1.807, 2.05) is 12.3 Å². The zero-order valence-corrected chi connectivity index (χ0v) is 9.61. The molecule has 0 unspecified atom stereocenters. The van der Waals surface area contributed by atoms with E-state index < -0.39 is 0 Å². The molecule has 1 aromatic rings. The van der Waals surface area contributed by atoms with Gasteiger partial charge in [0.25, 0.3) is 0 Å². The SMILES string of the molecule is Cc1ccncc1N=C1CCCCC1=CN. The highest BCUT2D eigenvalue weighted by Gasteiger charge is 2.13. The van der Waals surface area contributed by atoms with Gasteiger partial charge in [0.2, 0.25) is 0 Å². The van der Waals surface area contributed by atoms with Crippen molar-refractivity contribution < 1.29 is 0 Å². The van der Waals surface area contributed by atoms with Crippen molar-refractivity contribution >= 4 is 11.4 Å². The van der Waals surface area contributed by atoms with Gasteiger partial charge in [-0.3, -0.25) is 9.98 Å². The predicted octanol–water partition coefficient (Wildman–Crippen LogP) is 2.88. The van der Waals surface area contributed by atoms with Crippen LogP contribution in [0.25, 0.3) is 0 Å². The monoisotopic (exact) mass is 215 g/mol. The first-order chi connectivity index (χ1) is 7.81. The summed E-state index contributed by atoms with van der Waals surface area (Å²) in [6, 6.07) is 1.98. The Morgan fingerprint density at radius 3 is 2.94 bits per heavy atom. The smallest absolute Gasteiger partial charge is 0.0845 e. The molecule has 1 fully saturated rings. The van der Waals surface area contributed by atoms with Crippen LogP contribution in [0.5, 0.6) is 0 Å². The van der Waals surface area contributed by atoms with Gasteiger partial charge in [-0.05, 0) is 56.0 Å². The molecule has 0 bridgehead atoms. The van der Waals surface area contributed by atoms with Crippen LogP contribution in [0.2, 0.25) is 0 Å². The Hall–Kier alpha value is -1.64. The van der Waals surface area contributed by atoms with Crippen molar-refractivity contribution in [1.29, 1.82) is 0 Å². The van der Waals surface area contributed by atoms with Gasteiger partial charge < -0.3 is 5.73 Å². The van der Waals surface area contributed by atoms with E-state index in [9.17, 15) is 0 Å². The second-order valence-electron chi connectivity index (χ2n) is 4.12. The normalized spacial score (nSPS) is 21.6. The number of aliphatic imine (C=N–C) groups is 1. The molecule has 1 saturated carbocycles. The minimum atomic E-state index is 0.957. The Morgan fingerprint density at radius 2 is 2.19 bits per heavy atom. The molecule has 0 spiro atoms. The fraction of sp³-hybridized carbons (Fsp3) is 0.385. The topological polar surface area (TPSA) is 51.3 Å². The average Bonchev–Trinajstić information content (AvgIpc) is 2.33. The molecule has 1 aliphatic rings. The maximum atomic E-state index is 5.63. The Kier molecular flexibility index (Phi) is 3.34. The van der Waals surface area contributed by atoms with E-state index in [0.717, 1.165) is 29.8 Å². The van der Waals surface area contributed by atoms with Gasteiger partial charge in [0, 0.05) is 11.9 Å². The number of aromatic nitrogens is 1. The number of allylic oxidation sites excluding steroid dienone is 1. The first-order valence-electron chi connectivity index (χ1n) is 5.70. The van der Waals surface area contributed by atoms with Crippen LogP contribution < -0.4 is 5.73 Å². The lowest BCUT2D eigenvalue weighted by Gasteiger charge is -2.16. The summed E-state index contributed by atoms with van der Waals surface area (Å²) in [5.74, 6) is 0. The third kappa shape index (κ3) is 2.30. The van der Waals surface area contributed by atoms with E-state index in [-0.39, 0.29) is 0 Å². The van der Waals surface area contributed by atoms with Gasteiger partial charge in [-0.15, -0.1) is 0 Å². The van der Waals surface area contributed by atoms with Crippen molar-refractivity contribution in [3.63, 3.8) is 0 Å². The quantitative estimate of drug-likeness (QED) is 0.783. The molecule has 0 amide bonds. The van der Waals surface area contributed by atoms with Gasteiger partial charge in [-0.1, -0.05) is 0 Å². The van der Waals surface area contributed by atoms with Crippen LogP contribution >= 0.6 is 0 Å². The fourth-order valence-electron chi connectivity index (χ4n) is 1.94. The van der Waals surface area contributed by atoms with Crippen LogP contribution in [-0.2, 0) is 0 Å². The highest BCUT2D eigenvalue weighted by molar-refractivity contribution is 6.02. The Labute approximate surface area is 96.1 Å². The average molecular weight is 215 g/mol. The zero-order chi connectivity index (χ0) is 11.4. The number of rotatable bonds is 1. The minimum absolute atomic E-state index is 0.957. The first-order valence-corrected chi connectivity index (χ1v) is 5.70. The van der Waals surface area contributed by atoms with E-state index in [2.05, 4.69) is 16.9 Å². The molecule has 3 nitrogen and oxygen atoms in total. The van der Waals surface area contributed by atoms with Gasteiger partial charge >= 0.3 is 0 Å². The molecule has 0 saturated heterocycles. The molecule has 1 aromatic heterocycles. The van der Waals surface area contributed by atoms with Gasteiger partial charge in [-0.25, -0.2) is 0 Å². The standard InChI is InChI=1S/C13H17N3/c1-10-6-7-15-9-13(10)16-12-5-3-2-4-11(12)8-14/h6-9H,2-5,14H2,1H3. The third-order valence-corrected chi connectivity index (χ3v) is 2.95. The highest BCUT2D eigenvalue weighted by Crippen LogP contribution is 2.24. The lowest BCUT2D eigenvalue weighted by Crippen LogP contribution is -2.10. The van der Waals surface area contributed by atoms with Gasteiger partial charge in [-0.2, -0.15) is 0 Å². The number of pyridine rings is 1. The molecule has 2 N–H and O–H groups in total. The molecule has 0 aliphatic heterocycles. The van der Waals surface area contributed by atoms with Crippen LogP contribution in [0, 0.1) is 6.92 Å². The van der Waals surface area contributed by atoms with Gasteiger partial charge in [0.05, 0.1) is 11.9 Å². The lowest BCUT2D eigenvalue weighted by molar-refractivity contribution is 0.731. The largest absolute Gasteiger partial charge is 0.404 e. The molecule has 0 atom stereocenters. The molecule has 2 rings (SSSR count). The van der Waals surface area contributed by atoms with E-state index in [0.29, 0.717) is 0 Å². The lowest BCUT2D eigenvalue weighted by atomic mass is 9.93. The van der Waals surface area contributed by atoms with Crippen molar-refractivity contribution in [2.45, 2.75) is 32.6 Å². The van der Waals surface area contributed by atoms with Crippen molar-refractivity contribution in [3.05, 3.63) is 35.8 Å². The second-order valence-corrected chi connectivity index (χ2v) is 4.12. The summed E-state index contributed by atoms with van der Waals surface area (Å²) in [7, 11) is 0. The molecular formula is C13H17N3. The number of nitrogens with two attached hydrogens (primary N) is 1. The van der Waals surface area contributed by atoms with Crippen molar-refractivity contribution in [2.24, 2.45) is 10.7 Å². The molecule has 3 heteroatoms. The predicted molar refractivity (Wildman–Crippen MR) is 66.8 cm³/mol. The molecule has 1 aliphatic carbocycles. The maximum Gasteiger partial charge on any atom is 0.0845 e. The number of aryl methyl sites for hydroxylation is 1. The number of hydrogen-bond donors (Lipinski definition) is 1. The molecular weight excluding hydrogens is 198 g/mol. The summed E-state index contributed by atoms with van der Waals surface area (Å²) >= 11 is 0. The van der Waals surface area contributed by atoms with Gasteiger partial charge in [0.1, 0.15) is 0 Å². The summed E-state index contributed by atoms with van der Waals surface area (Å²) in [6.07, 6.45) is 9.80. The van der Waals surface area contributed by atoms with Crippen LogP contribution in [0.15, 0.2) is 35.2 Å². The number of hydrogen-bond acceptors (Lipinski definition) is 3. The van der Waals surface area contributed by atoms with Crippen molar-refractivity contribution in [2.75, 3.05) is 0 Å². The van der Waals surface area contributed by atoms with Gasteiger partial charge in [0.15, 0.2) is 0 Å². The molecule has 84 valence electrons. The fourth-order valence-corrected chi connectivity index (χ4v) is 1.94. The van der Waals surface area contributed by atoms with E-state index in [4.69, 9.17) is 5.73 Å². The molecule has 0 aromatic carbocycles. The van der Waals surface area contributed by atoms with E-state index in [1.54, 1.807) is 12.4 Å². The Morgan fingerprint density at radius 1 is 1.38 bits per heavy atom. The Bertz CT molecular complexity index is 433. The zero-order valence-electron chi connectivity index (χ0n) is 9.61. The summed E-state index contributed by atoms with van der Waals surface area (Å²) < 4.78 is 0. The summed E-state index contributed by atoms with van der Waals surface area (Å²) in [6.45, 7) is 2.05. The second kappa shape index (κ2) is 4.92. The summed E-state index contributed by atoms with van der Waals surface area (Å²) in [5, 5.41) is 0. The molecule has 0 radical (unpaired) electrons. The van der Waals surface area contributed by atoms with Crippen LogP contribution in [-0.4, -0.2) is 10.7 Å². The highest BCUT2D eigenvalue weighted by atomic mass is 14.8. The summed E-state index contributed by atoms with van der Waals surface area (Å²) in [4.78, 5) is 8.78. The van der Waals surface area contributed by atoms with Crippen molar-refractivity contribution in [1.82, 2.24) is 4.98 Å². The van der Waals surface area contributed by atoms with E-state index in [1.165, 1.54) is 18.4 Å². The third-order valence-electron chi connectivity index (χ3n) is 2.95. The summed E-state index contributed by atoms with van der Waals surface area (Å²) in [5.41, 5.74) is 10.1. The Balaban J connectivity index is 2.32. The van der Waals surface area contributed by atoms with Crippen LogP contribution in [0.4, 0.5) is 5.69 Å². The maximum absolute atomic E-state index is 5.63. The van der Waals surface area contributed by atoms with Crippen molar-refractivity contribution in [3.8, 4) is 0 Å². The van der Waals surface area contributed by atoms with Crippen LogP contribution in [0.3, 0.4) is 0 Å². The van der Waals surface area contributed by atoms with Crippen LogP contribution in [0.1, 0.15) is 31.2 Å². The van der Waals surface area contributed by atoms with E-state index >= 15 is 0 Å². The number of nitrogens with zero attached hydrogens (tertiary/aromatic N) is 2. The molecule has 16 heavy (non-hydrogen) atoms. The first kappa shape index (κ1) is 10.9. The molecule has 1 heterocycles. The minimum Gasteiger partial charge on any atom is -0.404 e.